The van der Waals surface area contributed by atoms with Crippen LogP contribution in [0.1, 0.15) is 46.0 Å². The van der Waals surface area contributed by atoms with E-state index in [1.54, 1.807) is 0 Å². The molecule has 20 heavy (non-hydrogen) atoms. The molecule has 0 aliphatic heterocycles. The highest BCUT2D eigenvalue weighted by atomic mass is 16.5. The van der Waals surface area contributed by atoms with Crippen molar-refractivity contribution >= 4 is 5.95 Å². The molecule has 0 aliphatic carbocycles. The van der Waals surface area contributed by atoms with Crippen LogP contribution >= 0.6 is 0 Å². The molecule has 1 heterocycles. The molecule has 6 heteroatoms. The van der Waals surface area contributed by atoms with Gasteiger partial charge in [0.1, 0.15) is 0 Å². The summed E-state index contributed by atoms with van der Waals surface area (Å²) >= 11 is 0. The highest BCUT2D eigenvalue weighted by Gasteiger charge is 2.06. The van der Waals surface area contributed by atoms with E-state index in [0.29, 0.717) is 5.95 Å². The van der Waals surface area contributed by atoms with Crippen molar-refractivity contribution in [3.8, 4) is 12.0 Å². The van der Waals surface area contributed by atoms with E-state index in [1.165, 1.54) is 39.9 Å². The first kappa shape index (κ1) is 16.5. The van der Waals surface area contributed by atoms with Gasteiger partial charge in [0.25, 0.3) is 0 Å². The molecular formula is C14H26N4O2. The first-order valence-corrected chi connectivity index (χ1v) is 7.23. The normalized spacial score (nSPS) is 10.7. The van der Waals surface area contributed by atoms with Crippen molar-refractivity contribution in [2.24, 2.45) is 5.92 Å². The van der Waals surface area contributed by atoms with Crippen LogP contribution in [-0.4, -0.2) is 35.7 Å². The van der Waals surface area contributed by atoms with Gasteiger partial charge in [-0.3, -0.25) is 0 Å². The number of nitrogens with zero attached hydrogens (tertiary/aromatic N) is 3. The molecule has 0 atom stereocenters. The maximum absolute atomic E-state index is 5.00. The van der Waals surface area contributed by atoms with Crippen LogP contribution in [0.5, 0.6) is 12.0 Å². The van der Waals surface area contributed by atoms with E-state index in [-0.39, 0.29) is 12.0 Å². The molecule has 0 unspecified atom stereocenters. The van der Waals surface area contributed by atoms with Gasteiger partial charge >= 0.3 is 12.0 Å². The van der Waals surface area contributed by atoms with Crippen LogP contribution in [0.4, 0.5) is 5.95 Å². The van der Waals surface area contributed by atoms with Gasteiger partial charge < -0.3 is 14.8 Å². The van der Waals surface area contributed by atoms with Crippen molar-refractivity contribution in [3.05, 3.63) is 0 Å². The second kappa shape index (κ2) is 9.34. The SMILES string of the molecule is COc1nc(NCCCCCCC(C)C)nc(OC)n1. The number of ether oxygens (including phenoxy) is 2. The molecule has 6 nitrogen and oxygen atoms in total. The smallest absolute Gasteiger partial charge is 0.324 e. The minimum absolute atomic E-state index is 0.260. The first-order valence-electron chi connectivity index (χ1n) is 7.23. The maximum atomic E-state index is 5.00. The van der Waals surface area contributed by atoms with Crippen molar-refractivity contribution in [2.45, 2.75) is 46.0 Å². The van der Waals surface area contributed by atoms with Gasteiger partial charge in [0.2, 0.25) is 5.95 Å². The molecule has 0 aromatic carbocycles. The summed E-state index contributed by atoms with van der Waals surface area (Å²) in [7, 11) is 3.04. The number of unbranched alkanes of at least 4 members (excludes halogenated alkanes) is 3. The maximum Gasteiger partial charge on any atom is 0.324 e. The van der Waals surface area contributed by atoms with Crippen molar-refractivity contribution in [2.75, 3.05) is 26.1 Å². The summed E-state index contributed by atoms with van der Waals surface area (Å²) in [6, 6.07) is 0.521. The molecular weight excluding hydrogens is 256 g/mol. The van der Waals surface area contributed by atoms with Gasteiger partial charge in [-0.15, -0.1) is 4.98 Å². The number of nitrogens with one attached hydrogen (secondary N) is 1. The summed E-state index contributed by atoms with van der Waals surface area (Å²) < 4.78 is 9.99. The van der Waals surface area contributed by atoms with E-state index in [1.807, 2.05) is 0 Å². The summed E-state index contributed by atoms with van der Waals surface area (Å²) in [4.78, 5) is 12.2. The minimum atomic E-state index is 0.260. The van der Waals surface area contributed by atoms with Crippen LogP contribution in [-0.2, 0) is 0 Å². The van der Waals surface area contributed by atoms with E-state index >= 15 is 0 Å². The van der Waals surface area contributed by atoms with Gasteiger partial charge in [0, 0.05) is 6.54 Å². The van der Waals surface area contributed by atoms with Gasteiger partial charge in [-0.05, 0) is 12.3 Å². The van der Waals surface area contributed by atoms with Gasteiger partial charge in [-0.25, -0.2) is 0 Å². The van der Waals surface area contributed by atoms with Crippen LogP contribution in [0.15, 0.2) is 0 Å². The lowest BCUT2D eigenvalue weighted by molar-refractivity contribution is 0.341. The van der Waals surface area contributed by atoms with Crippen LogP contribution in [0.25, 0.3) is 0 Å². The van der Waals surface area contributed by atoms with Crippen molar-refractivity contribution < 1.29 is 9.47 Å². The standard InChI is InChI=1S/C14H26N4O2/c1-11(2)9-7-5-6-8-10-15-12-16-13(19-3)18-14(17-12)20-4/h11H,5-10H2,1-4H3,(H,15,16,17,18). The quantitative estimate of drug-likeness (QED) is 0.665. The van der Waals surface area contributed by atoms with E-state index in [4.69, 9.17) is 9.47 Å². The van der Waals surface area contributed by atoms with Crippen LogP contribution in [0, 0.1) is 5.92 Å². The van der Waals surface area contributed by atoms with Crippen molar-refractivity contribution in [1.82, 2.24) is 15.0 Å². The molecule has 114 valence electrons. The second-order valence-corrected chi connectivity index (χ2v) is 5.16. The lowest BCUT2D eigenvalue weighted by Crippen LogP contribution is -2.08. The van der Waals surface area contributed by atoms with Gasteiger partial charge in [0.15, 0.2) is 0 Å². The molecule has 1 rings (SSSR count). The first-order chi connectivity index (χ1) is 9.65. The molecule has 0 amide bonds. The summed E-state index contributed by atoms with van der Waals surface area (Å²) in [5.74, 6) is 1.30. The van der Waals surface area contributed by atoms with E-state index in [2.05, 4.69) is 34.1 Å². The van der Waals surface area contributed by atoms with Gasteiger partial charge in [0.05, 0.1) is 14.2 Å². The molecule has 1 aromatic heterocycles. The molecule has 0 spiro atoms. The van der Waals surface area contributed by atoms with Crippen LogP contribution < -0.4 is 14.8 Å². The highest BCUT2D eigenvalue weighted by Crippen LogP contribution is 2.13. The molecule has 0 fully saturated rings. The van der Waals surface area contributed by atoms with Crippen LogP contribution in [0.3, 0.4) is 0 Å². The fourth-order valence-electron chi connectivity index (χ4n) is 1.83. The third-order valence-corrected chi connectivity index (χ3v) is 2.95. The Bertz CT molecular complexity index is 363. The van der Waals surface area contributed by atoms with Crippen molar-refractivity contribution in [1.29, 1.82) is 0 Å². The average Bonchev–Trinajstić information content (AvgIpc) is 2.45. The molecule has 0 saturated heterocycles. The zero-order valence-corrected chi connectivity index (χ0v) is 13.0. The summed E-state index contributed by atoms with van der Waals surface area (Å²) in [6.07, 6.45) is 6.23. The molecule has 1 aromatic rings. The fourth-order valence-corrected chi connectivity index (χ4v) is 1.83. The zero-order chi connectivity index (χ0) is 14.8. The summed E-state index contributed by atoms with van der Waals surface area (Å²) in [5, 5.41) is 3.17. The summed E-state index contributed by atoms with van der Waals surface area (Å²) in [5.41, 5.74) is 0. The third kappa shape index (κ3) is 6.54. The van der Waals surface area contributed by atoms with Crippen molar-refractivity contribution in [3.63, 3.8) is 0 Å². The monoisotopic (exact) mass is 282 g/mol. The highest BCUT2D eigenvalue weighted by molar-refractivity contribution is 5.27. The van der Waals surface area contributed by atoms with E-state index < -0.39 is 0 Å². The predicted molar refractivity (Wildman–Crippen MR) is 79.3 cm³/mol. The van der Waals surface area contributed by atoms with Gasteiger partial charge in [-0.2, -0.15) is 9.97 Å². The number of aromatic nitrogens is 3. The van der Waals surface area contributed by atoms with Crippen LogP contribution in [0.2, 0.25) is 0 Å². The Morgan fingerprint density at radius 1 is 0.900 bits per heavy atom. The molecule has 0 radical (unpaired) electrons. The Labute approximate surface area is 121 Å². The Kier molecular flexibility index (Phi) is 7.69. The van der Waals surface area contributed by atoms with Gasteiger partial charge in [-0.1, -0.05) is 39.5 Å². The Balaban J connectivity index is 2.24. The predicted octanol–water partition coefficient (Wildman–Crippen LogP) is 2.91. The number of anilines is 1. The lowest BCUT2D eigenvalue weighted by atomic mass is 10.0. The van der Waals surface area contributed by atoms with E-state index in [9.17, 15) is 0 Å². The molecule has 0 saturated carbocycles. The number of hydrogen-bond acceptors (Lipinski definition) is 6. The zero-order valence-electron chi connectivity index (χ0n) is 13.0. The fraction of sp³-hybridized carbons (Fsp3) is 0.786. The number of rotatable bonds is 10. The topological polar surface area (TPSA) is 69.2 Å². The molecule has 0 bridgehead atoms. The number of methoxy groups -OCH3 is 2. The minimum Gasteiger partial charge on any atom is -0.467 e. The van der Waals surface area contributed by atoms with E-state index in [0.717, 1.165) is 18.9 Å². The number of hydrogen-bond donors (Lipinski definition) is 1. The lowest BCUT2D eigenvalue weighted by Gasteiger charge is -2.07. The Morgan fingerprint density at radius 2 is 1.50 bits per heavy atom. The molecule has 1 N–H and O–H groups in total. The molecule has 0 aliphatic rings. The Hall–Kier alpha value is -1.59. The average molecular weight is 282 g/mol. The largest absolute Gasteiger partial charge is 0.467 e. The third-order valence-electron chi connectivity index (χ3n) is 2.95. The summed E-state index contributed by atoms with van der Waals surface area (Å²) in [6.45, 7) is 5.38. The second-order valence-electron chi connectivity index (χ2n) is 5.16. The Morgan fingerprint density at radius 3 is 2.05 bits per heavy atom.